The van der Waals surface area contributed by atoms with Gasteiger partial charge in [-0.05, 0) is 60.9 Å². The van der Waals surface area contributed by atoms with Crippen molar-refractivity contribution in [2.45, 2.75) is 17.7 Å². The first-order chi connectivity index (χ1) is 16.4. The first-order valence-electron chi connectivity index (χ1n) is 10.5. The number of hydrogen-bond acceptors (Lipinski definition) is 6. The number of nitrogens with one attached hydrogen (secondary N) is 1. The number of carbonyl (C=O) groups excluding carboxylic acids is 1. The number of nitrogens with zero attached hydrogens (tertiary/aromatic N) is 2. The van der Waals surface area contributed by atoms with Gasteiger partial charge < -0.3 is 4.74 Å². The number of para-hydroxylation sites is 1. The van der Waals surface area contributed by atoms with E-state index in [0.717, 1.165) is 18.4 Å². The van der Waals surface area contributed by atoms with Gasteiger partial charge in [0.25, 0.3) is 15.9 Å². The van der Waals surface area contributed by atoms with Crippen LogP contribution >= 0.6 is 22.9 Å². The Balaban J connectivity index is 1.38. The highest BCUT2D eigenvalue weighted by molar-refractivity contribution is 7.92. The number of methoxy groups -OCH3 is 1. The van der Waals surface area contributed by atoms with E-state index >= 15 is 0 Å². The molecular formula is C24H20ClN3O4S2. The first-order valence-corrected chi connectivity index (χ1v) is 13.2. The summed E-state index contributed by atoms with van der Waals surface area (Å²) in [5.41, 5.74) is 2.61. The van der Waals surface area contributed by atoms with Crippen LogP contribution in [0.15, 0.2) is 65.6 Å². The molecule has 1 N–H and O–H groups in total. The normalized spacial score (nSPS) is 13.5. The van der Waals surface area contributed by atoms with Crippen LogP contribution in [0.4, 0.5) is 10.8 Å². The van der Waals surface area contributed by atoms with Crippen LogP contribution in [0.2, 0.25) is 5.02 Å². The topological polar surface area (TPSA) is 88.6 Å². The molecule has 1 aliphatic heterocycles. The SMILES string of the molecule is COc1ccc(Cl)c2sc(NC(=O)c3ccc(S(=O)(=O)N4CCCc5ccccc54)cc3)nc12. The standard InChI is InChI=1S/C24H20ClN3O4S2/c1-32-20-13-12-18(25)22-21(20)26-24(33-22)27-23(29)16-8-10-17(11-9-16)34(30,31)28-14-4-6-15-5-2-3-7-19(15)28/h2-3,5,7-13H,4,6,14H2,1H3,(H,26,27,29). The van der Waals surface area contributed by atoms with E-state index in [0.29, 0.717) is 43.9 Å². The number of thiazole rings is 1. The molecule has 0 unspecified atom stereocenters. The van der Waals surface area contributed by atoms with E-state index < -0.39 is 15.9 Å². The number of anilines is 2. The summed E-state index contributed by atoms with van der Waals surface area (Å²) in [7, 11) is -2.20. The van der Waals surface area contributed by atoms with E-state index in [-0.39, 0.29) is 4.90 Å². The Morgan fingerprint density at radius 1 is 1.12 bits per heavy atom. The number of fused-ring (bicyclic) bond motifs is 2. The van der Waals surface area contributed by atoms with E-state index in [1.165, 1.54) is 39.9 Å². The number of sulfonamides is 1. The molecule has 0 saturated carbocycles. The average Bonchev–Trinajstić information content (AvgIpc) is 3.28. The number of amides is 1. The van der Waals surface area contributed by atoms with Crippen molar-refractivity contribution in [3.8, 4) is 5.75 Å². The molecule has 0 radical (unpaired) electrons. The summed E-state index contributed by atoms with van der Waals surface area (Å²) in [6.45, 7) is 0.422. The molecule has 1 aromatic heterocycles. The zero-order valence-electron chi connectivity index (χ0n) is 18.1. The van der Waals surface area contributed by atoms with E-state index in [1.54, 1.807) is 19.2 Å². The smallest absolute Gasteiger partial charge is 0.264 e. The fraction of sp³-hybridized carbons (Fsp3) is 0.167. The average molecular weight is 514 g/mol. The second kappa shape index (κ2) is 8.90. The Bertz CT molecular complexity index is 1500. The molecule has 0 fully saturated rings. The minimum atomic E-state index is -3.74. The van der Waals surface area contributed by atoms with Crippen molar-refractivity contribution < 1.29 is 17.9 Å². The number of aryl methyl sites for hydroxylation is 1. The van der Waals surface area contributed by atoms with Gasteiger partial charge in [0, 0.05) is 12.1 Å². The minimum absolute atomic E-state index is 0.136. The number of halogens is 1. The molecule has 0 atom stereocenters. The van der Waals surface area contributed by atoms with Gasteiger partial charge in [-0.25, -0.2) is 13.4 Å². The van der Waals surface area contributed by atoms with Gasteiger partial charge in [0.2, 0.25) is 0 Å². The van der Waals surface area contributed by atoms with Crippen molar-refractivity contribution in [2.24, 2.45) is 0 Å². The van der Waals surface area contributed by atoms with Crippen molar-refractivity contribution in [1.82, 2.24) is 4.98 Å². The molecule has 7 nitrogen and oxygen atoms in total. The Morgan fingerprint density at radius 3 is 2.65 bits per heavy atom. The quantitative estimate of drug-likeness (QED) is 0.388. The van der Waals surface area contributed by atoms with E-state index in [2.05, 4.69) is 10.3 Å². The summed E-state index contributed by atoms with van der Waals surface area (Å²) < 4.78 is 34.1. The molecule has 0 saturated heterocycles. The third-order valence-electron chi connectivity index (χ3n) is 5.67. The number of carbonyl (C=O) groups is 1. The lowest BCUT2D eigenvalue weighted by Crippen LogP contribution is -2.35. The summed E-state index contributed by atoms with van der Waals surface area (Å²) in [6, 6.07) is 16.9. The second-order valence-corrected chi connectivity index (χ2v) is 11.0. The lowest BCUT2D eigenvalue weighted by molar-refractivity contribution is 0.102. The van der Waals surface area contributed by atoms with Gasteiger partial charge in [-0.3, -0.25) is 14.4 Å². The number of rotatable bonds is 5. The Hall–Kier alpha value is -3.14. The van der Waals surface area contributed by atoms with Crippen LogP contribution in [0.1, 0.15) is 22.3 Å². The number of hydrogen-bond donors (Lipinski definition) is 1. The maximum absolute atomic E-state index is 13.3. The van der Waals surface area contributed by atoms with Gasteiger partial charge in [-0.15, -0.1) is 0 Å². The van der Waals surface area contributed by atoms with Crippen molar-refractivity contribution >= 4 is 59.9 Å². The molecule has 1 amide bonds. The predicted molar refractivity (Wildman–Crippen MR) is 135 cm³/mol. The zero-order valence-corrected chi connectivity index (χ0v) is 20.5. The van der Waals surface area contributed by atoms with Crippen LogP contribution < -0.4 is 14.4 Å². The molecular weight excluding hydrogens is 494 g/mol. The largest absolute Gasteiger partial charge is 0.494 e. The highest BCUT2D eigenvalue weighted by Gasteiger charge is 2.29. The summed E-state index contributed by atoms with van der Waals surface area (Å²) in [6.07, 6.45) is 1.61. The highest BCUT2D eigenvalue weighted by Crippen LogP contribution is 2.37. The molecule has 2 heterocycles. The van der Waals surface area contributed by atoms with Crippen LogP contribution in [-0.4, -0.2) is 33.0 Å². The third-order valence-corrected chi connectivity index (χ3v) is 8.93. The summed E-state index contributed by atoms with van der Waals surface area (Å²) in [5.74, 6) is 0.159. The Kier molecular flexibility index (Phi) is 5.93. The highest BCUT2D eigenvalue weighted by atomic mass is 35.5. The minimum Gasteiger partial charge on any atom is -0.494 e. The molecule has 0 aliphatic carbocycles. The van der Waals surface area contributed by atoms with Crippen LogP contribution in [0, 0.1) is 0 Å². The van der Waals surface area contributed by atoms with Crippen LogP contribution in [0.25, 0.3) is 10.2 Å². The maximum Gasteiger partial charge on any atom is 0.264 e. The maximum atomic E-state index is 13.3. The fourth-order valence-electron chi connectivity index (χ4n) is 3.99. The van der Waals surface area contributed by atoms with Gasteiger partial charge in [0.1, 0.15) is 11.3 Å². The van der Waals surface area contributed by atoms with Gasteiger partial charge in [0.05, 0.1) is 27.4 Å². The molecule has 34 heavy (non-hydrogen) atoms. The van der Waals surface area contributed by atoms with Crippen molar-refractivity contribution in [3.05, 3.63) is 76.8 Å². The first kappa shape index (κ1) is 22.6. The molecule has 4 aromatic rings. The van der Waals surface area contributed by atoms with Crippen LogP contribution in [0.3, 0.4) is 0 Å². The van der Waals surface area contributed by atoms with E-state index in [1.807, 2.05) is 24.3 Å². The molecule has 0 bridgehead atoms. The Morgan fingerprint density at radius 2 is 1.88 bits per heavy atom. The number of ether oxygens (including phenoxy) is 1. The van der Waals surface area contributed by atoms with Crippen molar-refractivity contribution in [2.75, 3.05) is 23.3 Å². The van der Waals surface area contributed by atoms with E-state index in [4.69, 9.17) is 16.3 Å². The summed E-state index contributed by atoms with van der Waals surface area (Å²) >= 11 is 7.49. The lowest BCUT2D eigenvalue weighted by atomic mass is 10.0. The molecule has 174 valence electrons. The predicted octanol–water partition coefficient (Wildman–Crippen LogP) is 5.35. The van der Waals surface area contributed by atoms with Crippen LogP contribution in [-0.2, 0) is 16.4 Å². The third kappa shape index (κ3) is 4.00. The monoisotopic (exact) mass is 513 g/mol. The molecule has 10 heteroatoms. The summed E-state index contributed by atoms with van der Waals surface area (Å²) in [5, 5.41) is 3.64. The second-order valence-electron chi connectivity index (χ2n) is 7.73. The van der Waals surface area contributed by atoms with Gasteiger partial charge in [-0.2, -0.15) is 0 Å². The van der Waals surface area contributed by atoms with Gasteiger partial charge in [0.15, 0.2) is 5.13 Å². The Labute approximate surface area is 206 Å². The van der Waals surface area contributed by atoms with Gasteiger partial charge in [-0.1, -0.05) is 41.1 Å². The molecule has 1 aliphatic rings. The van der Waals surface area contributed by atoms with Crippen LogP contribution in [0.5, 0.6) is 5.75 Å². The molecule has 0 spiro atoms. The van der Waals surface area contributed by atoms with Crippen molar-refractivity contribution in [1.29, 1.82) is 0 Å². The number of aromatic nitrogens is 1. The van der Waals surface area contributed by atoms with Gasteiger partial charge >= 0.3 is 0 Å². The zero-order chi connectivity index (χ0) is 23.9. The van der Waals surface area contributed by atoms with Crippen molar-refractivity contribution in [3.63, 3.8) is 0 Å². The fourth-order valence-corrected chi connectivity index (χ4v) is 6.69. The summed E-state index contributed by atoms with van der Waals surface area (Å²) in [4.78, 5) is 17.3. The molecule has 5 rings (SSSR count). The van der Waals surface area contributed by atoms with E-state index in [9.17, 15) is 13.2 Å². The number of benzene rings is 3. The lowest BCUT2D eigenvalue weighted by Gasteiger charge is -2.30. The molecule has 3 aromatic carbocycles.